The predicted molar refractivity (Wildman–Crippen MR) is 80.2 cm³/mol. The third-order valence-electron chi connectivity index (χ3n) is 3.71. The van der Waals surface area contributed by atoms with Gasteiger partial charge in [-0.25, -0.2) is 0 Å². The van der Waals surface area contributed by atoms with Crippen LogP contribution in [0, 0.1) is 0 Å². The number of rotatable bonds is 3. The van der Waals surface area contributed by atoms with E-state index in [1.165, 1.54) is 40.6 Å². The number of hydrogen-bond donors (Lipinski definition) is 1. The zero-order valence-corrected chi connectivity index (χ0v) is 11.6. The quantitative estimate of drug-likeness (QED) is 0.788. The highest BCUT2D eigenvalue weighted by atomic mass is 32.1. The van der Waals surface area contributed by atoms with E-state index < -0.39 is 0 Å². The van der Waals surface area contributed by atoms with Crippen molar-refractivity contribution in [3.8, 4) is 0 Å². The molecule has 0 aliphatic heterocycles. The Kier molecular flexibility index (Phi) is 3.48. The molecule has 1 N–H and O–H groups in total. The van der Waals surface area contributed by atoms with Crippen LogP contribution in [0.1, 0.15) is 36.6 Å². The minimum atomic E-state index is 0.419. The van der Waals surface area contributed by atoms with Crippen molar-refractivity contribution in [3.05, 3.63) is 46.9 Å². The van der Waals surface area contributed by atoms with E-state index in [1.807, 2.05) is 11.3 Å². The van der Waals surface area contributed by atoms with Gasteiger partial charge in [0, 0.05) is 9.58 Å². The summed E-state index contributed by atoms with van der Waals surface area (Å²) in [5.74, 6) is 0. The number of fused-ring (bicyclic) bond motifs is 1. The Labute approximate surface area is 113 Å². The van der Waals surface area contributed by atoms with Crippen molar-refractivity contribution in [3.63, 3.8) is 0 Å². The van der Waals surface area contributed by atoms with E-state index in [4.69, 9.17) is 0 Å². The van der Waals surface area contributed by atoms with Gasteiger partial charge in [0.1, 0.15) is 0 Å². The molecular formula is C16H19NS. The molecule has 1 aromatic carbocycles. The molecule has 0 fully saturated rings. The third-order valence-corrected chi connectivity index (χ3v) is 4.90. The van der Waals surface area contributed by atoms with Gasteiger partial charge < -0.3 is 5.32 Å². The SMILES string of the molecule is CNC(C1=CCCCC1)c1cc2ccccc2s1. The first-order valence-electron chi connectivity index (χ1n) is 6.73. The molecular weight excluding hydrogens is 238 g/mol. The molecule has 1 aliphatic rings. The Morgan fingerprint density at radius 2 is 2.11 bits per heavy atom. The van der Waals surface area contributed by atoms with Gasteiger partial charge in [-0.15, -0.1) is 11.3 Å². The second-order valence-corrected chi connectivity index (χ2v) is 6.05. The van der Waals surface area contributed by atoms with Crippen LogP contribution >= 0.6 is 11.3 Å². The van der Waals surface area contributed by atoms with Crippen molar-refractivity contribution >= 4 is 21.4 Å². The molecule has 1 atom stereocenters. The highest BCUT2D eigenvalue weighted by Gasteiger charge is 2.18. The molecule has 0 spiro atoms. The Morgan fingerprint density at radius 3 is 2.83 bits per heavy atom. The number of likely N-dealkylation sites (N-methyl/N-ethyl adjacent to an activating group) is 1. The number of thiophene rings is 1. The highest BCUT2D eigenvalue weighted by molar-refractivity contribution is 7.19. The van der Waals surface area contributed by atoms with Crippen LogP contribution in [0.5, 0.6) is 0 Å². The van der Waals surface area contributed by atoms with Gasteiger partial charge >= 0.3 is 0 Å². The highest BCUT2D eigenvalue weighted by Crippen LogP contribution is 2.36. The molecule has 0 saturated carbocycles. The van der Waals surface area contributed by atoms with Gasteiger partial charge in [0.25, 0.3) is 0 Å². The summed E-state index contributed by atoms with van der Waals surface area (Å²) in [5.41, 5.74) is 1.58. The Morgan fingerprint density at radius 1 is 1.22 bits per heavy atom. The predicted octanol–water partition coefficient (Wildman–Crippen LogP) is 4.66. The fraction of sp³-hybridized carbons (Fsp3) is 0.375. The molecule has 2 heteroatoms. The molecule has 1 nitrogen and oxygen atoms in total. The van der Waals surface area contributed by atoms with Crippen molar-refractivity contribution in [2.24, 2.45) is 0 Å². The van der Waals surface area contributed by atoms with Crippen molar-refractivity contribution < 1.29 is 0 Å². The maximum absolute atomic E-state index is 3.49. The molecule has 1 aromatic heterocycles. The lowest BCUT2D eigenvalue weighted by atomic mass is 9.93. The standard InChI is InChI=1S/C16H19NS/c1-17-16(12-7-3-2-4-8-12)15-11-13-9-5-6-10-14(13)18-15/h5-7,9-11,16-17H,2-4,8H2,1H3. The van der Waals surface area contributed by atoms with E-state index in [9.17, 15) is 0 Å². The van der Waals surface area contributed by atoms with Crippen LogP contribution in [0.25, 0.3) is 10.1 Å². The summed E-state index contributed by atoms with van der Waals surface area (Å²) >= 11 is 1.92. The van der Waals surface area contributed by atoms with Crippen LogP contribution in [0.2, 0.25) is 0 Å². The van der Waals surface area contributed by atoms with E-state index in [1.54, 1.807) is 5.57 Å². The zero-order chi connectivity index (χ0) is 12.4. The van der Waals surface area contributed by atoms with Crippen molar-refractivity contribution in [1.29, 1.82) is 0 Å². The first-order chi connectivity index (χ1) is 8.88. The molecule has 1 heterocycles. The fourth-order valence-corrected chi connectivity index (χ4v) is 4.00. The number of hydrogen-bond acceptors (Lipinski definition) is 2. The second-order valence-electron chi connectivity index (χ2n) is 4.93. The molecule has 0 amide bonds. The average Bonchev–Trinajstić information content (AvgIpc) is 2.84. The summed E-state index contributed by atoms with van der Waals surface area (Å²) < 4.78 is 1.39. The second kappa shape index (κ2) is 5.25. The van der Waals surface area contributed by atoms with Crippen LogP contribution in [0.3, 0.4) is 0 Å². The van der Waals surface area contributed by atoms with Gasteiger partial charge in [-0.05, 0) is 50.2 Å². The number of benzene rings is 1. The first kappa shape index (κ1) is 11.9. The van der Waals surface area contributed by atoms with Gasteiger partial charge in [0.05, 0.1) is 6.04 Å². The van der Waals surface area contributed by atoms with Crippen LogP contribution < -0.4 is 5.32 Å². The Bertz CT molecular complexity index is 534. The van der Waals surface area contributed by atoms with Gasteiger partial charge in [-0.3, -0.25) is 0 Å². The third kappa shape index (κ3) is 2.23. The van der Waals surface area contributed by atoms with Crippen molar-refractivity contribution in [1.82, 2.24) is 5.32 Å². The topological polar surface area (TPSA) is 12.0 Å². The maximum Gasteiger partial charge on any atom is 0.0628 e. The van der Waals surface area contributed by atoms with E-state index in [-0.39, 0.29) is 0 Å². The smallest absolute Gasteiger partial charge is 0.0628 e. The van der Waals surface area contributed by atoms with Crippen molar-refractivity contribution in [2.75, 3.05) is 7.05 Å². The normalized spacial score (nSPS) is 17.7. The van der Waals surface area contributed by atoms with Crippen LogP contribution in [0.4, 0.5) is 0 Å². The van der Waals surface area contributed by atoms with E-state index in [2.05, 4.69) is 48.8 Å². The van der Waals surface area contributed by atoms with E-state index in [0.29, 0.717) is 6.04 Å². The lowest BCUT2D eigenvalue weighted by Crippen LogP contribution is -2.18. The molecule has 0 radical (unpaired) electrons. The van der Waals surface area contributed by atoms with Crippen LogP contribution in [-0.4, -0.2) is 7.05 Å². The van der Waals surface area contributed by atoms with E-state index in [0.717, 1.165) is 0 Å². The van der Waals surface area contributed by atoms with Gasteiger partial charge in [-0.1, -0.05) is 29.8 Å². The lowest BCUT2D eigenvalue weighted by molar-refractivity contribution is 0.599. The molecule has 0 bridgehead atoms. The largest absolute Gasteiger partial charge is 0.309 e. The van der Waals surface area contributed by atoms with Gasteiger partial charge in [0.15, 0.2) is 0 Å². The molecule has 3 rings (SSSR count). The minimum Gasteiger partial charge on any atom is -0.309 e. The van der Waals surface area contributed by atoms with Crippen LogP contribution in [0.15, 0.2) is 42.0 Å². The van der Waals surface area contributed by atoms with Gasteiger partial charge in [0.2, 0.25) is 0 Å². The molecule has 1 unspecified atom stereocenters. The molecule has 2 aromatic rings. The zero-order valence-electron chi connectivity index (χ0n) is 10.8. The lowest BCUT2D eigenvalue weighted by Gasteiger charge is -2.21. The summed E-state index contributed by atoms with van der Waals surface area (Å²) in [7, 11) is 2.07. The summed E-state index contributed by atoms with van der Waals surface area (Å²) in [6, 6.07) is 11.4. The summed E-state index contributed by atoms with van der Waals surface area (Å²) in [6.45, 7) is 0. The number of nitrogens with one attached hydrogen (secondary N) is 1. The Hall–Kier alpha value is -1.12. The molecule has 1 aliphatic carbocycles. The monoisotopic (exact) mass is 257 g/mol. The van der Waals surface area contributed by atoms with Gasteiger partial charge in [-0.2, -0.15) is 0 Å². The summed E-state index contributed by atoms with van der Waals surface area (Å²) in [5, 5.41) is 4.86. The molecule has 18 heavy (non-hydrogen) atoms. The number of allylic oxidation sites excluding steroid dienone is 1. The Balaban J connectivity index is 1.97. The maximum atomic E-state index is 3.49. The molecule has 94 valence electrons. The van der Waals surface area contributed by atoms with Crippen molar-refractivity contribution in [2.45, 2.75) is 31.7 Å². The summed E-state index contributed by atoms with van der Waals surface area (Å²) in [4.78, 5) is 1.45. The summed E-state index contributed by atoms with van der Waals surface area (Å²) in [6.07, 6.45) is 7.63. The van der Waals surface area contributed by atoms with E-state index >= 15 is 0 Å². The first-order valence-corrected chi connectivity index (χ1v) is 7.55. The average molecular weight is 257 g/mol. The fourth-order valence-electron chi connectivity index (χ4n) is 2.78. The van der Waals surface area contributed by atoms with Crippen LogP contribution in [-0.2, 0) is 0 Å². The molecule has 0 saturated heterocycles. The minimum absolute atomic E-state index is 0.419.